The normalized spacial score (nSPS) is 26.0. The summed E-state index contributed by atoms with van der Waals surface area (Å²) in [4.78, 5) is 30.0. The van der Waals surface area contributed by atoms with Crippen molar-refractivity contribution in [2.75, 3.05) is 6.54 Å². The fraction of sp³-hybridized carbons (Fsp3) is 0.600. The van der Waals surface area contributed by atoms with Crippen LogP contribution in [0.5, 0.6) is 0 Å². The van der Waals surface area contributed by atoms with Crippen LogP contribution in [0, 0.1) is 5.82 Å². The highest BCUT2D eigenvalue weighted by Gasteiger charge is 2.46. The topological polar surface area (TPSA) is 40.6 Å². The standard InChI is InChI=1S/C20H25FN2O2/c21-15-11-9-14(10-12-15)19-20(25)22(16-5-1-2-6-16)13-18(24)23(19)17-7-3-4-8-17/h9-12,16-17,19H,1-8,13H2/t19-/m0/s1. The molecule has 0 bridgehead atoms. The molecule has 5 heteroatoms. The SMILES string of the molecule is O=C1[C@H](c2ccc(F)cc2)N(C2CCCC2)C(=O)CN1C1CCCC1. The predicted molar refractivity (Wildman–Crippen MR) is 92.2 cm³/mol. The monoisotopic (exact) mass is 344 g/mol. The van der Waals surface area contributed by atoms with Crippen LogP contribution < -0.4 is 0 Å². The minimum Gasteiger partial charge on any atom is -0.328 e. The van der Waals surface area contributed by atoms with Gasteiger partial charge in [0.05, 0.1) is 0 Å². The van der Waals surface area contributed by atoms with Crippen LogP contribution in [0.25, 0.3) is 0 Å². The molecule has 1 atom stereocenters. The lowest BCUT2D eigenvalue weighted by Gasteiger charge is -2.45. The third-order valence-electron chi connectivity index (χ3n) is 6.06. The summed E-state index contributed by atoms with van der Waals surface area (Å²) in [7, 11) is 0. The van der Waals surface area contributed by atoms with Crippen LogP contribution in [0.3, 0.4) is 0 Å². The van der Waals surface area contributed by atoms with Gasteiger partial charge in [0.1, 0.15) is 18.4 Å². The third-order valence-corrected chi connectivity index (χ3v) is 6.06. The first-order valence-corrected chi connectivity index (χ1v) is 9.52. The molecule has 0 radical (unpaired) electrons. The average molecular weight is 344 g/mol. The minimum atomic E-state index is -0.592. The zero-order valence-corrected chi connectivity index (χ0v) is 14.5. The molecule has 25 heavy (non-hydrogen) atoms. The lowest BCUT2D eigenvalue weighted by Crippen LogP contribution is -2.60. The Morgan fingerprint density at radius 3 is 2.00 bits per heavy atom. The molecular formula is C20H25FN2O2. The van der Waals surface area contributed by atoms with E-state index >= 15 is 0 Å². The molecule has 3 fully saturated rings. The molecule has 2 aliphatic carbocycles. The second-order valence-corrected chi connectivity index (χ2v) is 7.60. The molecule has 0 N–H and O–H groups in total. The maximum absolute atomic E-state index is 13.4. The van der Waals surface area contributed by atoms with Gasteiger partial charge in [0.25, 0.3) is 5.91 Å². The molecule has 0 spiro atoms. The van der Waals surface area contributed by atoms with Gasteiger partial charge in [0.15, 0.2) is 0 Å². The molecule has 2 saturated carbocycles. The van der Waals surface area contributed by atoms with E-state index in [1.165, 1.54) is 12.1 Å². The third kappa shape index (κ3) is 3.05. The lowest BCUT2D eigenvalue weighted by atomic mass is 9.96. The van der Waals surface area contributed by atoms with Crippen molar-refractivity contribution in [3.63, 3.8) is 0 Å². The second kappa shape index (κ2) is 6.77. The van der Waals surface area contributed by atoms with Gasteiger partial charge >= 0.3 is 0 Å². The Bertz CT molecular complexity index is 648. The number of rotatable bonds is 3. The summed E-state index contributed by atoms with van der Waals surface area (Å²) in [5.41, 5.74) is 0.731. The smallest absolute Gasteiger partial charge is 0.250 e. The number of halogens is 1. The van der Waals surface area contributed by atoms with Crippen molar-refractivity contribution in [2.45, 2.75) is 69.5 Å². The summed E-state index contributed by atoms with van der Waals surface area (Å²) in [6.45, 7) is 0.206. The molecule has 0 unspecified atom stereocenters. The Hall–Kier alpha value is -1.91. The van der Waals surface area contributed by atoms with Gasteiger partial charge in [-0.1, -0.05) is 37.8 Å². The molecule has 1 saturated heterocycles. The maximum atomic E-state index is 13.4. The van der Waals surface area contributed by atoms with Gasteiger partial charge in [0, 0.05) is 12.1 Å². The fourth-order valence-corrected chi connectivity index (χ4v) is 4.80. The van der Waals surface area contributed by atoms with Crippen molar-refractivity contribution < 1.29 is 14.0 Å². The van der Waals surface area contributed by atoms with Crippen LogP contribution in [0.1, 0.15) is 63.0 Å². The quantitative estimate of drug-likeness (QED) is 0.843. The Morgan fingerprint density at radius 1 is 0.840 bits per heavy atom. The summed E-state index contributed by atoms with van der Waals surface area (Å²) in [6, 6.07) is 5.81. The van der Waals surface area contributed by atoms with E-state index in [0.717, 1.165) is 56.9 Å². The number of carbonyl (C=O) groups is 2. The van der Waals surface area contributed by atoms with E-state index in [9.17, 15) is 14.0 Å². The highest BCUT2D eigenvalue weighted by molar-refractivity contribution is 5.96. The number of amides is 2. The Morgan fingerprint density at radius 2 is 1.40 bits per heavy atom. The molecular weight excluding hydrogens is 319 g/mol. The molecule has 1 aliphatic heterocycles. The van der Waals surface area contributed by atoms with E-state index < -0.39 is 6.04 Å². The van der Waals surface area contributed by atoms with E-state index in [1.807, 2.05) is 4.90 Å². The molecule has 1 heterocycles. The zero-order chi connectivity index (χ0) is 17.4. The first-order chi connectivity index (χ1) is 12.1. The molecule has 1 aromatic rings. The number of hydrogen-bond acceptors (Lipinski definition) is 2. The van der Waals surface area contributed by atoms with Gasteiger partial charge in [-0.2, -0.15) is 0 Å². The van der Waals surface area contributed by atoms with Gasteiger partial charge in [-0.25, -0.2) is 4.39 Å². The predicted octanol–water partition coefficient (Wildman–Crippen LogP) is 3.42. The van der Waals surface area contributed by atoms with Gasteiger partial charge in [-0.05, 0) is 43.4 Å². The van der Waals surface area contributed by atoms with Crippen LogP contribution >= 0.6 is 0 Å². The fourth-order valence-electron chi connectivity index (χ4n) is 4.80. The average Bonchev–Trinajstić information content (AvgIpc) is 3.30. The number of carbonyl (C=O) groups excluding carboxylic acids is 2. The van der Waals surface area contributed by atoms with Crippen molar-refractivity contribution in [3.05, 3.63) is 35.6 Å². The van der Waals surface area contributed by atoms with Crippen LogP contribution in [0.4, 0.5) is 4.39 Å². The minimum absolute atomic E-state index is 0.0185. The second-order valence-electron chi connectivity index (χ2n) is 7.60. The van der Waals surface area contributed by atoms with Crippen LogP contribution in [-0.4, -0.2) is 40.2 Å². The summed E-state index contributed by atoms with van der Waals surface area (Å²) >= 11 is 0. The number of nitrogens with zero attached hydrogens (tertiary/aromatic N) is 2. The van der Waals surface area contributed by atoms with E-state index in [1.54, 1.807) is 17.0 Å². The lowest BCUT2D eigenvalue weighted by molar-refractivity contribution is -0.161. The van der Waals surface area contributed by atoms with Crippen LogP contribution in [0.15, 0.2) is 24.3 Å². The van der Waals surface area contributed by atoms with Crippen molar-refractivity contribution in [1.82, 2.24) is 9.80 Å². The van der Waals surface area contributed by atoms with Crippen molar-refractivity contribution in [1.29, 1.82) is 0 Å². The number of benzene rings is 1. The largest absolute Gasteiger partial charge is 0.328 e. The van der Waals surface area contributed by atoms with E-state index in [4.69, 9.17) is 0 Å². The summed E-state index contributed by atoms with van der Waals surface area (Å²) in [5.74, 6) is -0.254. The van der Waals surface area contributed by atoms with Crippen LogP contribution in [0.2, 0.25) is 0 Å². The Kier molecular flexibility index (Phi) is 4.48. The van der Waals surface area contributed by atoms with Gasteiger partial charge < -0.3 is 9.80 Å². The first kappa shape index (κ1) is 16.6. The molecule has 3 aliphatic rings. The number of piperazine rings is 1. The molecule has 0 aromatic heterocycles. The molecule has 1 aromatic carbocycles. The van der Waals surface area contributed by atoms with Gasteiger partial charge in [0.2, 0.25) is 5.91 Å². The van der Waals surface area contributed by atoms with Gasteiger partial charge in [-0.15, -0.1) is 0 Å². The molecule has 4 nitrogen and oxygen atoms in total. The van der Waals surface area contributed by atoms with E-state index in [2.05, 4.69) is 0 Å². The highest BCUT2D eigenvalue weighted by atomic mass is 19.1. The van der Waals surface area contributed by atoms with E-state index in [0.29, 0.717) is 0 Å². The van der Waals surface area contributed by atoms with Gasteiger partial charge in [-0.3, -0.25) is 9.59 Å². The van der Waals surface area contributed by atoms with Crippen molar-refractivity contribution in [2.24, 2.45) is 0 Å². The first-order valence-electron chi connectivity index (χ1n) is 9.52. The van der Waals surface area contributed by atoms with Crippen LogP contribution in [-0.2, 0) is 9.59 Å². The molecule has 2 amide bonds. The van der Waals surface area contributed by atoms with Crippen molar-refractivity contribution >= 4 is 11.8 Å². The summed E-state index contributed by atoms with van der Waals surface area (Å²) in [6.07, 6.45) is 8.33. The summed E-state index contributed by atoms with van der Waals surface area (Å²) in [5, 5.41) is 0. The molecule has 4 rings (SSSR count). The van der Waals surface area contributed by atoms with Crippen molar-refractivity contribution in [3.8, 4) is 0 Å². The Labute approximate surface area is 148 Å². The maximum Gasteiger partial charge on any atom is 0.250 e. The van der Waals surface area contributed by atoms with E-state index in [-0.39, 0.29) is 36.3 Å². The Balaban J connectivity index is 1.69. The molecule has 134 valence electrons. The highest BCUT2D eigenvalue weighted by Crippen LogP contribution is 2.37. The zero-order valence-electron chi connectivity index (χ0n) is 14.5. The summed E-state index contributed by atoms with van der Waals surface area (Å²) < 4.78 is 13.4. The number of hydrogen-bond donors (Lipinski definition) is 0.